The Balaban J connectivity index is 2.50. The maximum Gasteiger partial charge on any atom is 0.273 e. The standard InChI is InChI=1S/C8H11BrN2O2/c1-2-6(5-9)10-8(12)7-3-4-13-11-7/h3-4,6H,2,5H2,1H3,(H,10,12). The molecule has 0 bridgehead atoms. The van der Waals surface area contributed by atoms with Gasteiger partial charge in [0.1, 0.15) is 6.26 Å². The van der Waals surface area contributed by atoms with Gasteiger partial charge in [-0.2, -0.15) is 0 Å². The molecule has 0 saturated carbocycles. The van der Waals surface area contributed by atoms with Crippen LogP contribution in [0.4, 0.5) is 0 Å². The van der Waals surface area contributed by atoms with Crippen molar-refractivity contribution in [2.75, 3.05) is 5.33 Å². The van der Waals surface area contributed by atoms with Gasteiger partial charge in [0.05, 0.1) is 0 Å². The minimum atomic E-state index is -0.194. The van der Waals surface area contributed by atoms with Crippen LogP contribution in [0.3, 0.4) is 0 Å². The zero-order chi connectivity index (χ0) is 9.68. The van der Waals surface area contributed by atoms with Crippen LogP contribution in [0.5, 0.6) is 0 Å². The van der Waals surface area contributed by atoms with E-state index in [-0.39, 0.29) is 11.9 Å². The molecule has 1 N–H and O–H groups in total. The molecule has 1 rings (SSSR count). The zero-order valence-electron chi connectivity index (χ0n) is 7.29. The molecule has 4 nitrogen and oxygen atoms in total. The number of hydrogen-bond donors (Lipinski definition) is 1. The molecule has 1 unspecified atom stereocenters. The molecule has 1 atom stereocenters. The van der Waals surface area contributed by atoms with Crippen molar-refractivity contribution in [3.05, 3.63) is 18.0 Å². The Morgan fingerprint density at radius 2 is 2.62 bits per heavy atom. The second-order valence-corrected chi connectivity index (χ2v) is 3.27. The molecule has 0 spiro atoms. The van der Waals surface area contributed by atoms with E-state index in [9.17, 15) is 4.79 Å². The van der Waals surface area contributed by atoms with Crippen molar-refractivity contribution in [1.82, 2.24) is 10.5 Å². The van der Waals surface area contributed by atoms with Crippen LogP contribution in [-0.4, -0.2) is 22.4 Å². The van der Waals surface area contributed by atoms with Gasteiger partial charge in [0, 0.05) is 17.4 Å². The summed E-state index contributed by atoms with van der Waals surface area (Å²) in [5, 5.41) is 7.09. The predicted molar refractivity (Wildman–Crippen MR) is 51.8 cm³/mol. The first-order chi connectivity index (χ1) is 6.27. The third-order valence-electron chi connectivity index (χ3n) is 1.68. The summed E-state index contributed by atoms with van der Waals surface area (Å²) in [6.07, 6.45) is 2.26. The van der Waals surface area contributed by atoms with Gasteiger partial charge in [-0.05, 0) is 6.42 Å². The summed E-state index contributed by atoms with van der Waals surface area (Å²) in [5.74, 6) is -0.194. The summed E-state index contributed by atoms with van der Waals surface area (Å²) in [5.41, 5.74) is 0.319. The average molecular weight is 247 g/mol. The number of aromatic nitrogens is 1. The Labute approximate surface area is 84.8 Å². The van der Waals surface area contributed by atoms with Crippen LogP contribution in [0.1, 0.15) is 23.8 Å². The number of alkyl halides is 1. The zero-order valence-corrected chi connectivity index (χ0v) is 8.87. The summed E-state index contributed by atoms with van der Waals surface area (Å²) >= 11 is 3.31. The predicted octanol–water partition coefficient (Wildman–Crippen LogP) is 1.58. The minimum absolute atomic E-state index is 0.143. The summed E-state index contributed by atoms with van der Waals surface area (Å²) in [6, 6.07) is 1.68. The second kappa shape index (κ2) is 5.01. The Kier molecular flexibility index (Phi) is 3.95. The van der Waals surface area contributed by atoms with E-state index in [1.807, 2.05) is 6.92 Å². The fourth-order valence-electron chi connectivity index (χ4n) is 0.839. The van der Waals surface area contributed by atoms with E-state index in [2.05, 4.69) is 30.9 Å². The number of halogens is 1. The van der Waals surface area contributed by atoms with E-state index in [0.29, 0.717) is 5.69 Å². The number of carbonyl (C=O) groups is 1. The van der Waals surface area contributed by atoms with Crippen LogP contribution in [0.15, 0.2) is 16.9 Å². The summed E-state index contributed by atoms with van der Waals surface area (Å²) in [4.78, 5) is 11.4. The van der Waals surface area contributed by atoms with Crippen LogP contribution >= 0.6 is 15.9 Å². The number of rotatable bonds is 4. The lowest BCUT2D eigenvalue weighted by atomic mass is 10.2. The molecule has 0 aliphatic carbocycles. The van der Waals surface area contributed by atoms with Gasteiger partial charge >= 0.3 is 0 Å². The Morgan fingerprint density at radius 1 is 1.85 bits per heavy atom. The van der Waals surface area contributed by atoms with E-state index in [1.165, 1.54) is 12.3 Å². The molecule has 1 aromatic rings. The third-order valence-corrected chi connectivity index (χ3v) is 2.47. The number of carbonyl (C=O) groups excluding carboxylic acids is 1. The highest BCUT2D eigenvalue weighted by Gasteiger charge is 2.12. The van der Waals surface area contributed by atoms with Gasteiger partial charge in [0.2, 0.25) is 0 Å². The van der Waals surface area contributed by atoms with Crippen molar-refractivity contribution >= 4 is 21.8 Å². The molecule has 5 heteroatoms. The molecule has 0 fully saturated rings. The lowest BCUT2D eigenvalue weighted by Gasteiger charge is -2.11. The molecular formula is C8H11BrN2O2. The van der Waals surface area contributed by atoms with Crippen molar-refractivity contribution in [1.29, 1.82) is 0 Å². The van der Waals surface area contributed by atoms with Crippen LogP contribution in [-0.2, 0) is 0 Å². The summed E-state index contributed by atoms with van der Waals surface area (Å²) in [6.45, 7) is 2.01. The van der Waals surface area contributed by atoms with Crippen LogP contribution in [0.2, 0.25) is 0 Å². The van der Waals surface area contributed by atoms with E-state index in [0.717, 1.165) is 11.8 Å². The fourth-order valence-corrected chi connectivity index (χ4v) is 1.46. The third kappa shape index (κ3) is 2.84. The highest BCUT2D eigenvalue weighted by atomic mass is 79.9. The molecule has 0 radical (unpaired) electrons. The molecule has 1 amide bonds. The van der Waals surface area contributed by atoms with Crippen LogP contribution < -0.4 is 5.32 Å². The van der Waals surface area contributed by atoms with Crippen molar-refractivity contribution in [2.24, 2.45) is 0 Å². The molecular weight excluding hydrogens is 236 g/mol. The highest BCUT2D eigenvalue weighted by molar-refractivity contribution is 9.09. The highest BCUT2D eigenvalue weighted by Crippen LogP contribution is 1.99. The number of amides is 1. The molecule has 1 heterocycles. The summed E-state index contributed by atoms with van der Waals surface area (Å²) in [7, 11) is 0. The monoisotopic (exact) mass is 246 g/mol. The van der Waals surface area contributed by atoms with Crippen molar-refractivity contribution < 1.29 is 9.32 Å². The van der Waals surface area contributed by atoms with Gasteiger partial charge in [0.15, 0.2) is 5.69 Å². The fraction of sp³-hybridized carbons (Fsp3) is 0.500. The molecule has 0 aliphatic rings. The van der Waals surface area contributed by atoms with Crippen molar-refractivity contribution in [2.45, 2.75) is 19.4 Å². The maximum absolute atomic E-state index is 11.4. The van der Waals surface area contributed by atoms with Crippen molar-refractivity contribution in [3.63, 3.8) is 0 Å². The topological polar surface area (TPSA) is 55.1 Å². The van der Waals surface area contributed by atoms with E-state index in [1.54, 1.807) is 0 Å². The van der Waals surface area contributed by atoms with Crippen molar-refractivity contribution in [3.8, 4) is 0 Å². The van der Waals surface area contributed by atoms with Gasteiger partial charge in [-0.15, -0.1) is 0 Å². The smallest absolute Gasteiger partial charge is 0.273 e. The first-order valence-electron chi connectivity index (χ1n) is 4.05. The van der Waals surface area contributed by atoms with Gasteiger partial charge < -0.3 is 9.84 Å². The molecule has 0 aromatic carbocycles. The maximum atomic E-state index is 11.4. The SMILES string of the molecule is CCC(CBr)NC(=O)c1ccon1. The number of hydrogen-bond acceptors (Lipinski definition) is 3. The van der Waals surface area contributed by atoms with E-state index >= 15 is 0 Å². The van der Waals surface area contributed by atoms with E-state index < -0.39 is 0 Å². The largest absolute Gasteiger partial charge is 0.364 e. The average Bonchev–Trinajstić information content (AvgIpc) is 2.66. The first-order valence-corrected chi connectivity index (χ1v) is 5.17. The number of nitrogens with one attached hydrogen (secondary N) is 1. The first kappa shape index (κ1) is 10.2. The molecule has 72 valence electrons. The Bertz CT molecular complexity index is 257. The van der Waals surface area contributed by atoms with Gasteiger partial charge in [-0.3, -0.25) is 4.79 Å². The molecule has 0 aliphatic heterocycles. The van der Waals surface area contributed by atoms with Gasteiger partial charge in [-0.25, -0.2) is 0 Å². The Hall–Kier alpha value is -0.840. The molecule has 0 saturated heterocycles. The Morgan fingerprint density at radius 3 is 3.08 bits per heavy atom. The normalized spacial score (nSPS) is 12.5. The quantitative estimate of drug-likeness (QED) is 0.822. The summed E-state index contributed by atoms with van der Waals surface area (Å²) < 4.78 is 4.56. The lowest BCUT2D eigenvalue weighted by molar-refractivity contribution is 0.0931. The lowest BCUT2D eigenvalue weighted by Crippen LogP contribution is -2.35. The minimum Gasteiger partial charge on any atom is -0.364 e. The van der Waals surface area contributed by atoms with E-state index in [4.69, 9.17) is 0 Å². The molecule has 13 heavy (non-hydrogen) atoms. The van der Waals surface area contributed by atoms with Crippen LogP contribution in [0.25, 0.3) is 0 Å². The second-order valence-electron chi connectivity index (χ2n) is 2.62. The van der Waals surface area contributed by atoms with Gasteiger partial charge in [-0.1, -0.05) is 28.0 Å². The van der Waals surface area contributed by atoms with Gasteiger partial charge in [0.25, 0.3) is 5.91 Å². The van der Waals surface area contributed by atoms with Crippen LogP contribution in [0, 0.1) is 0 Å². The molecule has 1 aromatic heterocycles. The number of nitrogens with zero attached hydrogens (tertiary/aromatic N) is 1.